The molecule has 0 atom stereocenters. The van der Waals surface area contributed by atoms with Crippen LogP contribution in [0, 0.1) is 0 Å². The maximum absolute atomic E-state index is 9.18. The van der Waals surface area contributed by atoms with Crippen LogP contribution in [-0.2, 0) is 6.61 Å². The molecule has 96 valence electrons. The molecule has 0 amide bonds. The number of aromatic hydroxyl groups is 1. The van der Waals surface area contributed by atoms with E-state index in [2.05, 4.69) is 4.98 Å². The van der Waals surface area contributed by atoms with Crippen LogP contribution in [0.4, 0.5) is 0 Å². The van der Waals surface area contributed by atoms with Gasteiger partial charge < -0.3 is 14.2 Å². The number of halogens is 1. The van der Waals surface area contributed by atoms with Crippen molar-refractivity contribution in [2.45, 2.75) is 6.61 Å². The van der Waals surface area contributed by atoms with Crippen molar-refractivity contribution in [3.8, 4) is 11.5 Å². The Morgan fingerprint density at radius 3 is 2.68 bits per heavy atom. The lowest BCUT2D eigenvalue weighted by Crippen LogP contribution is -1.95. The first-order valence-corrected chi connectivity index (χ1v) is 6.13. The van der Waals surface area contributed by atoms with Gasteiger partial charge in [-0.3, -0.25) is 0 Å². The summed E-state index contributed by atoms with van der Waals surface area (Å²) >= 11 is 5.91. The number of hydrogen-bond donors (Lipinski definition) is 1. The fraction of sp³-hybridized carbons (Fsp3) is 0.0714. The molecule has 5 heteroatoms. The van der Waals surface area contributed by atoms with Gasteiger partial charge >= 0.3 is 0 Å². The molecule has 1 aromatic carbocycles. The second-order valence-corrected chi connectivity index (χ2v) is 4.56. The number of benzene rings is 1. The number of ether oxygens (including phenoxy) is 1. The minimum Gasteiger partial charge on any atom is -0.508 e. The van der Waals surface area contributed by atoms with Crippen LogP contribution >= 0.6 is 11.6 Å². The van der Waals surface area contributed by atoms with Crippen molar-refractivity contribution >= 4 is 17.2 Å². The monoisotopic (exact) mass is 274 g/mol. The number of rotatable bonds is 3. The highest BCUT2D eigenvalue weighted by Crippen LogP contribution is 2.18. The van der Waals surface area contributed by atoms with Crippen LogP contribution in [-0.4, -0.2) is 14.5 Å². The lowest BCUT2D eigenvalue weighted by Gasteiger charge is -2.03. The highest BCUT2D eigenvalue weighted by molar-refractivity contribution is 6.30. The molecule has 0 saturated heterocycles. The van der Waals surface area contributed by atoms with Gasteiger partial charge in [0.1, 0.15) is 23.8 Å². The number of aromatic nitrogens is 2. The molecule has 19 heavy (non-hydrogen) atoms. The van der Waals surface area contributed by atoms with Crippen LogP contribution in [0.25, 0.3) is 5.65 Å². The molecular weight excluding hydrogens is 264 g/mol. The number of fused-ring (bicyclic) bond motifs is 1. The topological polar surface area (TPSA) is 46.8 Å². The molecular formula is C14H11ClN2O2. The van der Waals surface area contributed by atoms with Crippen LogP contribution in [0.15, 0.2) is 48.8 Å². The molecule has 0 fully saturated rings. The van der Waals surface area contributed by atoms with Crippen molar-refractivity contribution in [3.63, 3.8) is 0 Å². The zero-order chi connectivity index (χ0) is 13.2. The number of hydrogen-bond acceptors (Lipinski definition) is 3. The summed E-state index contributed by atoms with van der Waals surface area (Å²) in [6, 6.07) is 10.2. The zero-order valence-electron chi connectivity index (χ0n) is 9.95. The smallest absolute Gasteiger partial charge is 0.137 e. The molecule has 3 rings (SSSR count). The molecule has 0 bridgehead atoms. The molecule has 0 aliphatic rings. The predicted molar refractivity (Wildman–Crippen MR) is 72.6 cm³/mol. The second-order valence-electron chi connectivity index (χ2n) is 4.13. The van der Waals surface area contributed by atoms with Crippen LogP contribution in [0.3, 0.4) is 0 Å². The van der Waals surface area contributed by atoms with Gasteiger partial charge in [-0.1, -0.05) is 11.6 Å². The third-order valence-corrected chi connectivity index (χ3v) is 2.91. The Bertz CT molecular complexity index is 707. The number of phenolic OH excluding ortho intramolecular Hbond substituents is 1. The average Bonchev–Trinajstić information content (AvgIpc) is 2.80. The zero-order valence-corrected chi connectivity index (χ0v) is 10.7. The standard InChI is InChI=1S/C14H11ClN2O2/c15-10-1-6-14-16-11(8-17(14)7-10)9-19-13-4-2-12(18)3-5-13/h1-8,18H,9H2. The van der Waals surface area contributed by atoms with E-state index in [4.69, 9.17) is 16.3 Å². The number of pyridine rings is 1. The Morgan fingerprint density at radius 1 is 1.11 bits per heavy atom. The predicted octanol–water partition coefficient (Wildman–Crippen LogP) is 3.27. The fourth-order valence-electron chi connectivity index (χ4n) is 1.79. The maximum atomic E-state index is 9.18. The van der Waals surface area contributed by atoms with Gasteiger partial charge in [-0.25, -0.2) is 4.98 Å². The normalized spacial score (nSPS) is 10.8. The first-order valence-electron chi connectivity index (χ1n) is 5.76. The van der Waals surface area contributed by atoms with E-state index in [1.165, 1.54) is 0 Å². The van der Waals surface area contributed by atoms with E-state index in [1.54, 1.807) is 36.5 Å². The summed E-state index contributed by atoms with van der Waals surface area (Å²) in [5, 5.41) is 9.84. The van der Waals surface area contributed by atoms with Gasteiger partial charge in [-0.15, -0.1) is 0 Å². The summed E-state index contributed by atoms with van der Waals surface area (Å²) in [6.45, 7) is 0.365. The van der Waals surface area contributed by atoms with Gasteiger partial charge in [0.05, 0.1) is 10.7 Å². The van der Waals surface area contributed by atoms with Gasteiger partial charge in [-0.2, -0.15) is 0 Å². The molecule has 0 aliphatic carbocycles. The van der Waals surface area contributed by atoms with Crippen LogP contribution in [0.1, 0.15) is 5.69 Å². The molecule has 1 N–H and O–H groups in total. The summed E-state index contributed by atoms with van der Waals surface area (Å²) in [6.07, 6.45) is 3.68. The number of imidazole rings is 1. The van der Waals surface area contributed by atoms with E-state index in [0.717, 1.165) is 11.3 Å². The third-order valence-electron chi connectivity index (χ3n) is 2.69. The maximum Gasteiger partial charge on any atom is 0.137 e. The average molecular weight is 275 g/mol. The van der Waals surface area contributed by atoms with E-state index >= 15 is 0 Å². The Hall–Kier alpha value is -2.20. The van der Waals surface area contributed by atoms with E-state index in [9.17, 15) is 5.11 Å². The van der Waals surface area contributed by atoms with E-state index in [0.29, 0.717) is 17.4 Å². The summed E-state index contributed by atoms with van der Waals surface area (Å²) in [4.78, 5) is 4.42. The molecule has 4 nitrogen and oxygen atoms in total. The lowest BCUT2D eigenvalue weighted by molar-refractivity contribution is 0.301. The van der Waals surface area contributed by atoms with Gasteiger partial charge in [-0.05, 0) is 36.4 Å². The minimum absolute atomic E-state index is 0.217. The molecule has 0 unspecified atom stereocenters. The van der Waals surface area contributed by atoms with Crippen molar-refractivity contribution in [1.82, 2.24) is 9.38 Å². The van der Waals surface area contributed by atoms with Crippen LogP contribution in [0.2, 0.25) is 5.02 Å². The molecule has 0 aliphatic heterocycles. The lowest BCUT2D eigenvalue weighted by atomic mass is 10.3. The minimum atomic E-state index is 0.217. The SMILES string of the molecule is Oc1ccc(OCc2cn3cc(Cl)ccc3n2)cc1. The van der Waals surface area contributed by atoms with Crippen molar-refractivity contribution in [1.29, 1.82) is 0 Å². The molecule has 2 heterocycles. The quantitative estimate of drug-likeness (QED) is 0.797. The first kappa shape index (κ1) is 11.9. The van der Waals surface area contributed by atoms with Crippen molar-refractivity contribution in [2.75, 3.05) is 0 Å². The molecule has 3 aromatic rings. The summed E-state index contributed by atoms with van der Waals surface area (Å²) in [5.41, 5.74) is 1.64. The summed E-state index contributed by atoms with van der Waals surface area (Å²) in [5.74, 6) is 0.905. The van der Waals surface area contributed by atoms with Crippen molar-refractivity contribution < 1.29 is 9.84 Å². The van der Waals surface area contributed by atoms with E-state index in [-0.39, 0.29) is 5.75 Å². The van der Waals surface area contributed by atoms with E-state index in [1.807, 2.05) is 16.7 Å². The van der Waals surface area contributed by atoms with Gasteiger partial charge in [0.25, 0.3) is 0 Å². The van der Waals surface area contributed by atoms with Crippen LogP contribution < -0.4 is 4.74 Å². The first-order chi connectivity index (χ1) is 9.20. The molecule has 0 saturated carbocycles. The highest BCUT2D eigenvalue weighted by atomic mass is 35.5. The van der Waals surface area contributed by atoms with Crippen molar-refractivity contribution in [3.05, 3.63) is 59.5 Å². The Labute approximate surface area is 114 Å². The molecule has 0 spiro atoms. The second kappa shape index (κ2) is 4.82. The highest BCUT2D eigenvalue weighted by Gasteiger charge is 2.03. The van der Waals surface area contributed by atoms with Gasteiger partial charge in [0.15, 0.2) is 0 Å². The third kappa shape index (κ3) is 2.63. The number of phenols is 1. The molecule has 0 radical (unpaired) electrons. The van der Waals surface area contributed by atoms with Gasteiger partial charge in [0, 0.05) is 12.4 Å². The molecule has 2 aromatic heterocycles. The largest absolute Gasteiger partial charge is 0.508 e. The summed E-state index contributed by atoms with van der Waals surface area (Å²) in [7, 11) is 0. The summed E-state index contributed by atoms with van der Waals surface area (Å²) < 4.78 is 7.45. The Kier molecular flexibility index (Phi) is 3.01. The van der Waals surface area contributed by atoms with Crippen LogP contribution in [0.5, 0.6) is 11.5 Å². The fourth-order valence-corrected chi connectivity index (χ4v) is 1.95. The Balaban J connectivity index is 1.76. The van der Waals surface area contributed by atoms with Crippen molar-refractivity contribution in [2.24, 2.45) is 0 Å². The Morgan fingerprint density at radius 2 is 1.89 bits per heavy atom. The number of nitrogens with zero attached hydrogens (tertiary/aromatic N) is 2. The van der Waals surface area contributed by atoms with Gasteiger partial charge in [0.2, 0.25) is 0 Å². The van der Waals surface area contributed by atoms with E-state index < -0.39 is 0 Å².